The zero-order valence-electron chi connectivity index (χ0n) is 14.6. The van der Waals surface area contributed by atoms with E-state index in [1.54, 1.807) is 19.1 Å². The van der Waals surface area contributed by atoms with Gasteiger partial charge in [0.15, 0.2) is 11.7 Å². The van der Waals surface area contributed by atoms with Crippen LogP contribution in [0.5, 0.6) is 5.75 Å². The molecule has 28 heavy (non-hydrogen) atoms. The summed E-state index contributed by atoms with van der Waals surface area (Å²) < 4.78 is 45.2. The standard InChI is InChI=1S/C19H15ClF3NO4/c1-2-27-18(26)15(17(25)14-5-3-4-6-16(14)20)11-24-12-7-9-13(10-8-12)28-19(21,22)23/h3-11,15H,2H2,1H3. The van der Waals surface area contributed by atoms with Crippen molar-refractivity contribution in [2.75, 3.05) is 6.61 Å². The average molecular weight is 414 g/mol. The number of carbonyl (C=O) groups is 2. The first-order valence-corrected chi connectivity index (χ1v) is 8.44. The summed E-state index contributed by atoms with van der Waals surface area (Å²) in [6.07, 6.45) is -3.73. The van der Waals surface area contributed by atoms with Gasteiger partial charge >= 0.3 is 12.3 Å². The molecule has 0 saturated carbocycles. The summed E-state index contributed by atoms with van der Waals surface area (Å²) in [6.45, 7) is 1.65. The van der Waals surface area contributed by atoms with Crippen LogP contribution in [0.1, 0.15) is 17.3 Å². The molecule has 0 saturated heterocycles. The molecule has 0 aliphatic carbocycles. The van der Waals surface area contributed by atoms with Gasteiger partial charge in [0.2, 0.25) is 0 Å². The molecule has 0 aliphatic rings. The zero-order valence-corrected chi connectivity index (χ0v) is 15.3. The van der Waals surface area contributed by atoms with Crippen LogP contribution < -0.4 is 4.74 Å². The van der Waals surface area contributed by atoms with Crippen LogP contribution in [0.4, 0.5) is 18.9 Å². The number of esters is 1. The Morgan fingerprint density at radius 2 is 1.79 bits per heavy atom. The number of benzene rings is 2. The number of Topliss-reactive ketones (excluding diaryl/α,β-unsaturated/α-hetero) is 1. The summed E-state index contributed by atoms with van der Waals surface area (Å²) in [5, 5.41) is 0.170. The molecule has 1 unspecified atom stereocenters. The predicted molar refractivity (Wildman–Crippen MR) is 97.2 cm³/mol. The van der Waals surface area contributed by atoms with E-state index in [4.69, 9.17) is 16.3 Å². The lowest BCUT2D eigenvalue weighted by molar-refractivity contribution is -0.274. The Morgan fingerprint density at radius 3 is 2.36 bits per heavy atom. The van der Waals surface area contributed by atoms with Gasteiger partial charge in [0.05, 0.1) is 17.3 Å². The summed E-state index contributed by atoms with van der Waals surface area (Å²) >= 11 is 6.01. The number of ether oxygens (including phenoxy) is 2. The van der Waals surface area contributed by atoms with E-state index in [1.165, 1.54) is 24.3 Å². The molecule has 0 radical (unpaired) electrons. The Labute approximate surface area is 163 Å². The van der Waals surface area contributed by atoms with E-state index < -0.39 is 29.8 Å². The molecule has 148 valence electrons. The molecule has 0 aromatic heterocycles. The van der Waals surface area contributed by atoms with Crippen molar-refractivity contribution < 1.29 is 32.2 Å². The topological polar surface area (TPSA) is 65.0 Å². The number of ketones is 1. The number of alkyl halides is 3. The fourth-order valence-electron chi connectivity index (χ4n) is 2.19. The van der Waals surface area contributed by atoms with Gasteiger partial charge in [-0.05, 0) is 43.3 Å². The number of rotatable bonds is 7. The van der Waals surface area contributed by atoms with E-state index >= 15 is 0 Å². The van der Waals surface area contributed by atoms with Gasteiger partial charge in [-0.25, -0.2) is 0 Å². The smallest absolute Gasteiger partial charge is 0.465 e. The maximum absolute atomic E-state index is 12.7. The fourth-order valence-corrected chi connectivity index (χ4v) is 2.42. The Balaban J connectivity index is 2.24. The fraction of sp³-hybridized carbons (Fsp3) is 0.211. The molecule has 0 heterocycles. The van der Waals surface area contributed by atoms with Gasteiger partial charge in [-0.1, -0.05) is 23.7 Å². The van der Waals surface area contributed by atoms with E-state index in [9.17, 15) is 22.8 Å². The summed E-state index contributed by atoms with van der Waals surface area (Å²) in [5.74, 6) is -3.19. The van der Waals surface area contributed by atoms with Crippen LogP contribution in [0.25, 0.3) is 0 Å². The minimum absolute atomic E-state index is 0.0580. The van der Waals surface area contributed by atoms with Crippen LogP contribution in [-0.4, -0.2) is 30.9 Å². The Hall–Kier alpha value is -2.87. The number of hydrogen-bond donors (Lipinski definition) is 0. The highest BCUT2D eigenvalue weighted by Crippen LogP contribution is 2.25. The summed E-state index contributed by atoms with van der Waals surface area (Å²) in [4.78, 5) is 28.9. The van der Waals surface area contributed by atoms with Gasteiger partial charge in [0.25, 0.3) is 0 Å². The predicted octanol–water partition coefficient (Wildman–Crippen LogP) is 5.00. The molecule has 0 N–H and O–H groups in total. The van der Waals surface area contributed by atoms with Crippen LogP contribution in [-0.2, 0) is 9.53 Å². The maximum atomic E-state index is 12.7. The van der Waals surface area contributed by atoms with Crippen LogP contribution in [0, 0.1) is 5.92 Å². The largest absolute Gasteiger partial charge is 0.573 e. The minimum atomic E-state index is -4.80. The summed E-state index contributed by atoms with van der Waals surface area (Å²) in [7, 11) is 0. The quantitative estimate of drug-likeness (QED) is 0.277. The van der Waals surface area contributed by atoms with Gasteiger partial charge in [-0.3, -0.25) is 14.6 Å². The molecule has 0 aliphatic heterocycles. The molecule has 2 rings (SSSR count). The second-order valence-corrected chi connectivity index (χ2v) is 5.80. The van der Waals surface area contributed by atoms with Crippen molar-refractivity contribution in [2.45, 2.75) is 13.3 Å². The van der Waals surface area contributed by atoms with Gasteiger partial charge in [-0.15, -0.1) is 13.2 Å². The molecule has 0 fully saturated rings. The molecule has 2 aromatic rings. The van der Waals surface area contributed by atoms with Crippen molar-refractivity contribution in [1.29, 1.82) is 0 Å². The Kier molecular flexibility index (Phi) is 7.17. The number of aliphatic imine (C=N–C) groups is 1. The minimum Gasteiger partial charge on any atom is -0.465 e. The molecule has 1 atom stereocenters. The highest BCUT2D eigenvalue weighted by molar-refractivity contribution is 6.35. The molecule has 5 nitrogen and oxygen atoms in total. The monoisotopic (exact) mass is 413 g/mol. The maximum Gasteiger partial charge on any atom is 0.573 e. The van der Waals surface area contributed by atoms with Crippen LogP contribution in [0.3, 0.4) is 0 Å². The molecular weight excluding hydrogens is 399 g/mol. The highest BCUT2D eigenvalue weighted by atomic mass is 35.5. The molecular formula is C19H15ClF3NO4. The van der Waals surface area contributed by atoms with Gasteiger partial charge < -0.3 is 9.47 Å². The number of hydrogen-bond acceptors (Lipinski definition) is 5. The molecule has 0 bridgehead atoms. The lowest BCUT2D eigenvalue weighted by Gasteiger charge is -2.11. The second-order valence-electron chi connectivity index (χ2n) is 5.39. The van der Waals surface area contributed by atoms with Gasteiger partial charge in [0, 0.05) is 11.8 Å². The third kappa shape index (κ3) is 6.09. The van der Waals surface area contributed by atoms with Crippen molar-refractivity contribution >= 4 is 35.3 Å². The van der Waals surface area contributed by atoms with E-state index in [2.05, 4.69) is 9.73 Å². The van der Waals surface area contributed by atoms with Gasteiger partial charge in [-0.2, -0.15) is 0 Å². The zero-order chi connectivity index (χ0) is 20.7. The van der Waals surface area contributed by atoms with E-state index in [-0.39, 0.29) is 22.9 Å². The van der Waals surface area contributed by atoms with Crippen molar-refractivity contribution in [3.8, 4) is 5.75 Å². The lowest BCUT2D eigenvalue weighted by Crippen LogP contribution is -2.28. The van der Waals surface area contributed by atoms with Crippen LogP contribution >= 0.6 is 11.6 Å². The van der Waals surface area contributed by atoms with E-state index in [1.807, 2.05) is 0 Å². The van der Waals surface area contributed by atoms with Gasteiger partial charge in [0.1, 0.15) is 5.75 Å². The van der Waals surface area contributed by atoms with Crippen LogP contribution in [0.2, 0.25) is 5.02 Å². The van der Waals surface area contributed by atoms with Crippen molar-refractivity contribution in [3.05, 3.63) is 59.1 Å². The van der Waals surface area contributed by atoms with E-state index in [0.29, 0.717) is 0 Å². The second kappa shape index (κ2) is 9.36. The van der Waals surface area contributed by atoms with Crippen molar-refractivity contribution in [2.24, 2.45) is 10.9 Å². The van der Waals surface area contributed by atoms with Crippen molar-refractivity contribution in [1.82, 2.24) is 0 Å². The lowest BCUT2D eigenvalue weighted by atomic mass is 9.98. The SMILES string of the molecule is CCOC(=O)C(C=Nc1ccc(OC(F)(F)F)cc1)C(=O)c1ccccc1Cl. The third-order valence-electron chi connectivity index (χ3n) is 3.41. The Morgan fingerprint density at radius 1 is 1.14 bits per heavy atom. The number of nitrogens with zero attached hydrogens (tertiary/aromatic N) is 1. The number of carbonyl (C=O) groups excluding carboxylic acids is 2. The first-order chi connectivity index (χ1) is 13.2. The first kappa shape index (κ1) is 21.4. The summed E-state index contributed by atoms with van der Waals surface area (Å²) in [5.41, 5.74) is 0.346. The summed E-state index contributed by atoms with van der Waals surface area (Å²) in [6, 6.07) is 10.8. The molecule has 0 amide bonds. The van der Waals surface area contributed by atoms with Crippen molar-refractivity contribution in [3.63, 3.8) is 0 Å². The molecule has 0 spiro atoms. The third-order valence-corrected chi connectivity index (χ3v) is 3.73. The average Bonchev–Trinajstić information content (AvgIpc) is 2.62. The first-order valence-electron chi connectivity index (χ1n) is 8.06. The molecule has 2 aromatic carbocycles. The number of halogens is 4. The normalized spacial score (nSPS) is 12.6. The van der Waals surface area contributed by atoms with E-state index in [0.717, 1.165) is 18.3 Å². The molecule has 9 heteroatoms. The Bertz CT molecular complexity index is 866. The van der Waals surface area contributed by atoms with Crippen LogP contribution in [0.15, 0.2) is 53.5 Å². The highest BCUT2D eigenvalue weighted by Gasteiger charge is 2.31.